The molecule has 1 aliphatic heterocycles. The summed E-state index contributed by atoms with van der Waals surface area (Å²) in [6.45, 7) is 3.72. The molecule has 0 spiro atoms. The van der Waals surface area contributed by atoms with Crippen LogP contribution < -0.4 is 4.74 Å². The van der Waals surface area contributed by atoms with Gasteiger partial charge in [-0.3, -0.25) is 14.4 Å². The van der Waals surface area contributed by atoms with E-state index < -0.39 is 41.7 Å². The lowest BCUT2D eigenvalue weighted by Gasteiger charge is -2.39. The maximum atomic E-state index is 11.6. The van der Waals surface area contributed by atoms with E-state index in [-0.39, 0.29) is 0 Å². The summed E-state index contributed by atoms with van der Waals surface area (Å²) in [5.41, 5.74) is -0.668. The first-order valence-corrected chi connectivity index (χ1v) is 9.52. The number of aromatic nitrogens is 1. The molecule has 10 heteroatoms. The molecule has 0 unspecified atom stereocenters. The molecule has 0 aromatic carbocycles. The van der Waals surface area contributed by atoms with Crippen LogP contribution in [-0.2, 0) is 28.6 Å². The van der Waals surface area contributed by atoms with Crippen LogP contribution in [0.4, 0.5) is 0 Å². The second-order valence-corrected chi connectivity index (χ2v) is 7.38. The molecular formula is C16H18BrNO7S. The lowest BCUT2D eigenvalue weighted by molar-refractivity contribution is -0.186. The topological polar surface area (TPSA) is 101 Å². The Labute approximate surface area is 163 Å². The number of halogens is 1. The molecule has 0 saturated carbocycles. The van der Waals surface area contributed by atoms with Crippen molar-refractivity contribution in [2.75, 3.05) is 5.75 Å². The Morgan fingerprint density at radius 2 is 1.65 bits per heavy atom. The van der Waals surface area contributed by atoms with Gasteiger partial charge in [0.15, 0.2) is 23.7 Å². The van der Waals surface area contributed by atoms with Crippen LogP contribution in [0.15, 0.2) is 22.9 Å². The van der Waals surface area contributed by atoms with Crippen LogP contribution >= 0.6 is 27.7 Å². The van der Waals surface area contributed by atoms with Crippen molar-refractivity contribution in [1.82, 2.24) is 4.98 Å². The molecule has 2 rings (SSSR count). The molecule has 2 heterocycles. The van der Waals surface area contributed by atoms with Gasteiger partial charge in [-0.1, -0.05) is 0 Å². The second kappa shape index (κ2) is 9.22. The Hall–Kier alpha value is -1.81. The summed E-state index contributed by atoms with van der Waals surface area (Å²) >= 11 is 4.52. The zero-order chi connectivity index (χ0) is 19.3. The average molecular weight is 448 g/mol. The molecule has 4 atom stereocenters. The summed E-state index contributed by atoms with van der Waals surface area (Å²) in [6.07, 6.45) is -1.18. The minimum Gasteiger partial charge on any atom is -0.474 e. The van der Waals surface area contributed by atoms with Gasteiger partial charge in [-0.05, 0) is 28.1 Å². The predicted molar refractivity (Wildman–Crippen MR) is 95.5 cm³/mol. The molecule has 0 amide bonds. The third kappa shape index (κ3) is 5.87. The van der Waals surface area contributed by atoms with E-state index in [0.29, 0.717) is 16.1 Å². The molecule has 142 valence electrons. The first-order valence-electron chi connectivity index (χ1n) is 7.67. The minimum absolute atomic E-state index is 0.309. The normalized spacial score (nSPS) is 25.1. The van der Waals surface area contributed by atoms with Crippen LogP contribution in [0.2, 0.25) is 0 Å². The van der Waals surface area contributed by atoms with Gasteiger partial charge in [-0.15, -0.1) is 11.8 Å². The molecule has 1 fully saturated rings. The number of nitrogens with zero attached hydrogens (tertiary/aromatic N) is 1. The van der Waals surface area contributed by atoms with Crippen LogP contribution in [0.1, 0.15) is 20.8 Å². The first kappa shape index (κ1) is 20.5. The smallest absolute Gasteiger partial charge is 0.303 e. The molecule has 0 N–H and O–H groups in total. The summed E-state index contributed by atoms with van der Waals surface area (Å²) in [7, 11) is 0. The molecule has 1 aromatic heterocycles. The fourth-order valence-electron chi connectivity index (χ4n) is 2.38. The van der Waals surface area contributed by atoms with Gasteiger partial charge in [0, 0.05) is 26.5 Å². The van der Waals surface area contributed by atoms with Crippen molar-refractivity contribution in [2.24, 2.45) is 0 Å². The maximum absolute atomic E-state index is 11.6. The summed E-state index contributed by atoms with van der Waals surface area (Å²) in [5.74, 6) is -0.913. The van der Waals surface area contributed by atoms with Gasteiger partial charge in [0.25, 0.3) is 0 Å². The van der Waals surface area contributed by atoms with Crippen molar-refractivity contribution in [1.29, 1.82) is 0 Å². The average Bonchev–Trinajstić information content (AvgIpc) is 2.53. The zero-order valence-electron chi connectivity index (χ0n) is 14.3. The highest BCUT2D eigenvalue weighted by Gasteiger charge is 2.47. The van der Waals surface area contributed by atoms with E-state index in [1.165, 1.54) is 38.7 Å². The molecule has 26 heavy (non-hydrogen) atoms. The first-order chi connectivity index (χ1) is 12.3. The van der Waals surface area contributed by atoms with Gasteiger partial charge in [0.1, 0.15) is 10.4 Å². The molecule has 1 saturated heterocycles. The van der Waals surface area contributed by atoms with Crippen LogP contribution in [0.3, 0.4) is 0 Å². The fraction of sp³-hybridized carbons (Fsp3) is 0.500. The van der Waals surface area contributed by atoms with Gasteiger partial charge in [0.05, 0.1) is 6.20 Å². The Kier molecular flexibility index (Phi) is 7.27. The van der Waals surface area contributed by atoms with Crippen molar-refractivity contribution in [3.63, 3.8) is 0 Å². The van der Waals surface area contributed by atoms with E-state index in [2.05, 4.69) is 20.9 Å². The Morgan fingerprint density at radius 1 is 1.04 bits per heavy atom. The van der Waals surface area contributed by atoms with E-state index in [0.717, 1.165) is 0 Å². The zero-order valence-corrected chi connectivity index (χ0v) is 16.7. The third-order valence-corrected chi connectivity index (χ3v) is 4.94. The molecule has 0 bridgehead atoms. The summed E-state index contributed by atoms with van der Waals surface area (Å²) < 4.78 is 22.4. The van der Waals surface area contributed by atoms with E-state index in [9.17, 15) is 14.4 Å². The maximum Gasteiger partial charge on any atom is 0.303 e. The van der Waals surface area contributed by atoms with E-state index in [1.54, 1.807) is 12.1 Å². The molecule has 8 nitrogen and oxygen atoms in total. The standard InChI is InChI=1S/C16H18BrNO7S/c1-8(19)22-12-7-26-16(25-11-4-5-13(17)18-6-11)15(24-10(3)21)14(12)23-9(2)20/h4-6,12,14-16H,7H2,1-3H3/t12-,14+,15-,16+/m1/s1. The summed E-state index contributed by atoms with van der Waals surface area (Å²) in [4.78, 5) is 38.5. The van der Waals surface area contributed by atoms with Crippen LogP contribution in [0.25, 0.3) is 0 Å². The minimum atomic E-state index is -0.977. The van der Waals surface area contributed by atoms with Gasteiger partial charge >= 0.3 is 17.9 Å². The number of hydrogen-bond acceptors (Lipinski definition) is 9. The lowest BCUT2D eigenvalue weighted by atomic mass is 10.1. The SMILES string of the molecule is CC(=O)O[C@@H]1[C@@H](OC(C)=O)[C@@H](Oc2ccc(Br)nc2)SC[C@H]1OC(C)=O. The van der Waals surface area contributed by atoms with Gasteiger partial charge in [-0.2, -0.15) is 0 Å². The van der Waals surface area contributed by atoms with Crippen LogP contribution in [0.5, 0.6) is 5.75 Å². The number of thioether (sulfide) groups is 1. The number of rotatable bonds is 5. The van der Waals surface area contributed by atoms with Crippen molar-refractivity contribution in [3.05, 3.63) is 22.9 Å². The van der Waals surface area contributed by atoms with Gasteiger partial charge in [-0.25, -0.2) is 4.98 Å². The highest BCUT2D eigenvalue weighted by molar-refractivity contribution is 9.10. The highest BCUT2D eigenvalue weighted by Crippen LogP contribution is 2.34. The van der Waals surface area contributed by atoms with Crippen molar-refractivity contribution in [2.45, 2.75) is 44.5 Å². The van der Waals surface area contributed by atoms with Crippen molar-refractivity contribution < 1.29 is 33.3 Å². The van der Waals surface area contributed by atoms with E-state index in [1.807, 2.05) is 0 Å². The predicted octanol–water partition coefficient (Wildman–Crippen LogP) is 2.09. The number of hydrogen-bond donors (Lipinski definition) is 0. The summed E-state index contributed by atoms with van der Waals surface area (Å²) in [6, 6.07) is 3.40. The van der Waals surface area contributed by atoms with Crippen molar-refractivity contribution >= 4 is 45.6 Å². The molecular weight excluding hydrogens is 430 g/mol. The number of esters is 3. The Morgan fingerprint density at radius 3 is 2.19 bits per heavy atom. The molecule has 1 aromatic rings. The number of pyridine rings is 1. The molecule has 1 aliphatic rings. The lowest BCUT2D eigenvalue weighted by Crippen LogP contribution is -2.55. The third-order valence-electron chi connectivity index (χ3n) is 3.26. The van der Waals surface area contributed by atoms with Gasteiger partial charge in [0.2, 0.25) is 0 Å². The number of carbonyl (C=O) groups excluding carboxylic acids is 3. The van der Waals surface area contributed by atoms with Crippen LogP contribution in [0, 0.1) is 0 Å². The Balaban J connectivity index is 2.25. The van der Waals surface area contributed by atoms with Gasteiger partial charge < -0.3 is 18.9 Å². The monoisotopic (exact) mass is 447 g/mol. The number of carbonyl (C=O) groups is 3. The number of ether oxygens (including phenoxy) is 4. The largest absolute Gasteiger partial charge is 0.474 e. The van der Waals surface area contributed by atoms with E-state index in [4.69, 9.17) is 18.9 Å². The quantitative estimate of drug-likeness (QED) is 0.381. The molecule has 0 aliphatic carbocycles. The Bertz CT molecular complexity index is 669. The summed E-state index contributed by atoms with van der Waals surface area (Å²) in [5, 5.41) is 0. The molecule has 0 radical (unpaired) electrons. The van der Waals surface area contributed by atoms with Crippen molar-refractivity contribution in [3.8, 4) is 5.75 Å². The van der Waals surface area contributed by atoms with E-state index >= 15 is 0 Å². The fourth-order valence-corrected chi connectivity index (χ4v) is 3.83. The second-order valence-electron chi connectivity index (χ2n) is 5.43. The highest BCUT2D eigenvalue weighted by atomic mass is 79.9. The van der Waals surface area contributed by atoms with Crippen LogP contribution in [-0.4, -0.2) is 52.4 Å².